The Morgan fingerprint density at radius 1 is 1.57 bits per heavy atom. The lowest BCUT2D eigenvalue weighted by atomic mass is 10.1. The SMILES string of the molecule is Nc1nccn1C1CCCCNC1=O. The zero-order valence-electron chi connectivity index (χ0n) is 7.94. The number of nitrogens with two attached hydrogens (primary N) is 1. The Bertz CT molecular complexity index is 333. The molecule has 1 aliphatic rings. The van der Waals surface area contributed by atoms with Crippen LogP contribution >= 0.6 is 0 Å². The molecule has 1 saturated heterocycles. The lowest BCUT2D eigenvalue weighted by Gasteiger charge is -2.15. The van der Waals surface area contributed by atoms with Crippen LogP contribution in [0.1, 0.15) is 25.3 Å². The van der Waals surface area contributed by atoms with E-state index in [-0.39, 0.29) is 11.9 Å². The van der Waals surface area contributed by atoms with Gasteiger partial charge in [0.2, 0.25) is 11.9 Å². The monoisotopic (exact) mass is 194 g/mol. The Morgan fingerprint density at radius 2 is 2.43 bits per heavy atom. The molecule has 1 aliphatic heterocycles. The second kappa shape index (κ2) is 3.69. The lowest BCUT2D eigenvalue weighted by molar-refractivity contribution is -0.124. The van der Waals surface area contributed by atoms with Crippen LogP contribution in [0.3, 0.4) is 0 Å². The molecule has 1 aromatic heterocycles. The average molecular weight is 194 g/mol. The van der Waals surface area contributed by atoms with Gasteiger partial charge in [-0.15, -0.1) is 0 Å². The topological polar surface area (TPSA) is 72.9 Å². The summed E-state index contributed by atoms with van der Waals surface area (Å²) >= 11 is 0. The second-order valence-electron chi connectivity index (χ2n) is 3.50. The van der Waals surface area contributed by atoms with Gasteiger partial charge in [0.05, 0.1) is 0 Å². The van der Waals surface area contributed by atoms with Crippen molar-refractivity contribution in [3.63, 3.8) is 0 Å². The molecule has 5 heteroatoms. The van der Waals surface area contributed by atoms with Crippen molar-refractivity contribution in [1.29, 1.82) is 0 Å². The molecule has 2 rings (SSSR count). The first kappa shape index (κ1) is 9.05. The third-order valence-electron chi connectivity index (χ3n) is 2.54. The summed E-state index contributed by atoms with van der Waals surface area (Å²) in [5, 5.41) is 2.87. The van der Waals surface area contributed by atoms with E-state index in [2.05, 4.69) is 10.3 Å². The minimum absolute atomic E-state index is 0.0483. The van der Waals surface area contributed by atoms with E-state index in [4.69, 9.17) is 5.73 Å². The molecule has 2 heterocycles. The van der Waals surface area contributed by atoms with Crippen LogP contribution in [0.5, 0.6) is 0 Å². The number of carbonyl (C=O) groups excluding carboxylic acids is 1. The Kier molecular flexibility index (Phi) is 2.39. The molecule has 76 valence electrons. The van der Waals surface area contributed by atoms with Gasteiger partial charge in [0.15, 0.2) is 0 Å². The molecule has 3 N–H and O–H groups in total. The minimum atomic E-state index is -0.181. The van der Waals surface area contributed by atoms with Crippen molar-refractivity contribution in [2.75, 3.05) is 12.3 Å². The van der Waals surface area contributed by atoms with Crippen molar-refractivity contribution in [3.05, 3.63) is 12.4 Å². The minimum Gasteiger partial charge on any atom is -0.369 e. The largest absolute Gasteiger partial charge is 0.369 e. The van der Waals surface area contributed by atoms with E-state index in [1.165, 1.54) is 0 Å². The van der Waals surface area contributed by atoms with Gasteiger partial charge in [0, 0.05) is 18.9 Å². The van der Waals surface area contributed by atoms with Crippen LogP contribution in [-0.2, 0) is 4.79 Å². The van der Waals surface area contributed by atoms with E-state index in [9.17, 15) is 4.79 Å². The van der Waals surface area contributed by atoms with Crippen molar-refractivity contribution >= 4 is 11.9 Å². The number of amides is 1. The number of rotatable bonds is 1. The fourth-order valence-electron chi connectivity index (χ4n) is 1.78. The van der Waals surface area contributed by atoms with Gasteiger partial charge >= 0.3 is 0 Å². The third-order valence-corrected chi connectivity index (χ3v) is 2.54. The summed E-state index contributed by atoms with van der Waals surface area (Å²) in [6.07, 6.45) is 6.29. The second-order valence-corrected chi connectivity index (χ2v) is 3.50. The number of nitrogens with one attached hydrogen (secondary N) is 1. The van der Waals surface area contributed by atoms with Crippen LogP contribution in [-0.4, -0.2) is 22.0 Å². The summed E-state index contributed by atoms with van der Waals surface area (Å²) in [5.74, 6) is 0.458. The van der Waals surface area contributed by atoms with Gasteiger partial charge in [0.1, 0.15) is 6.04 Å². The Balaban J connectivity index is 2.23. The van der Waals surface area contributed by atoms with E-state index in [1.54, 1.807) is 17.0 Å². The number of anilines is 1. The molecule has 0 aromatic carbocycles. The summed E-state index contributed by atoms with van der Waals surface area (Å²) in [7, 11) is 0. The average Bonchev–Trinajstić information content (AvgIpc) is 2.46. The smallest absolute Gasteiger partial charge is 0.243 e. The molecule has 1 aromatic rings. The van der Waals surface area contributed by atoms with Gasteiger partial charge in [-0.25, -0.2) is 4.98 Å². The van der Waals surface area contributed by atoms with E-state index in [0.717, 1.165) is 25.8 Å². The van der Waals surface area contributed by atoms with Gasteiger partial charge in [-0.3, -0.25) is 4.79 Å². The van der Waals surface area contributed by atoms with Crippen LogP contribution in [0.15, 0.2) is 12.4 Å². The Morgan fingerprint density at radius 3 is 3.14 bits per heavy atom. The first-order valence-electron chi connectivity index (χ1n) is 4.85. The highest BCUT2D eigenvalue weighted by atomic mass is 16.2. The summed E-state index contributed by atoms with van der Waals surface area (Å²) in [4.78, 5) is 15.6. The van der Waals surface area contributed by atoms with Crippen LogP contribution in [0.4, 0.5) is 5.95 Å². The fourth-order valence-corrected chi connectivity index (χ4v) is 1.78. The number of carbonyl (C=O) groups is 1. The number of nitrogens with zero attached hydrogens (tertiary/aromatic N) is 2. The summed E-state index contributed by atoms with van der Waals surface area (Å²) < 4.78 is 1.74. The molecular weight excluding hydrogens is 180 g/mol. The highest BCUT2D eigenvalue weighted by molar-refractivity contribution is 5.80. The molecule has 1 fully saturated rings. The zero-order chi connectivity index (χ0) is 9.97. The molecule has 0 saturated carbocycles. The molecule has 0 bridgehead atoms. The maximum atomic E-state index is 11.6. The number of nitrogen functional groups attached to an aromatic ring is 1. The standard InChI is InChI=1S/C9H14N4O/c10-9-12-5-6-13(9)7-3-1-2-4-11-8(7)14/h5-7H,1-4H2,(H2,10,12)(H,11,14). The number of imidazole rings is 1. The zero-order valence-corrected chi connectivity index (χ0v) is 7.94. The van der Waals surface area contributed by atoms with Crippen molar-refractivity contribution in [2.45, 2.75) is 25.3 Å². The van der Waals surface area contributed by atoms with Crippen LogP contribution in [0.2, 0.25) is 0 Å². The molecule has 1 amide bonds. The van der Waals surface area contributed by atoms with Crippen molar-refractivity contribution in [2.24, 2.45) is 0 Å². The normalized spacial score (nSPS) is 22.9. The van der Waals surface area contributed by atoms with Gasteiger partial charge in [-0.1, -0.05) is 0 Å². The number of aromatic nitrogens is 2. The quantitative estimate of drug-likeness (QED) is 0.675. The molecule has 1 unspecified atom stereocenters. The maximum absolute atomic E-state index is 11.6. The lowest BCUT2D eigenvalue weighted by Crippen LogP contribution is -2.31. The van der Waals surface area contributed by atoms with E-state index >= 15 is 0 Å². The highest BCUT2D eigenvalue weighted by Gasteiger charge is 2.23. The van der Waals surface area contributed by atoms with Gasteiger partial charge in [-0.05, 0) is 19.3 Å². The third kappa shape index (κ3) is 1.57. The molecule has 0 spiro atoms. The van der Waals surface area contributed by atoms with Crippen molar-refractivity contribution in [3.8, 4) is 0 Å². The van der Waals surface area contributed by atoms with Crippen molar-refractivity contribution in [1.82, 2.24) is 14.9 Å². The molecular formula is C9H14N4O. The van der Waals surface area contributed by atoms with Crippen molar-refractivity contribution < 1.29 is 4.79 Å². The molecule has 1 atom stereocenters. The molecule has 0 aliphatic carbocycles. The first-order valence-corrected chi connectivity index (χ1v) is 4.85. The fraction of sp³-hybridized carbons (Fsp3) is 0.556. The highest BCUT2D eigenvalue weighted by Crippen LogP contribution is 2.20. The van der Waals surface area contributed by atoms with Crippen LogP contribution in [0.25, 0.3) is 0 Å². The predicted octanol–water partition coefficient (Wildman–Crippen LogP) is 0.306. The molecule has 14 heavy (non-hydrogen) atoms. The van der Waals surface area contributed by atoms with Gasteiger partial charge in [0.25, 0.3) is 0 Å². The summed E-state index contributed by atoms with van der Waals surface area (Å²) in [5.41, 5.74) is 5.66. The Labute approximate surface area is 82.3 Å². The van der Waals surface area contributed by atoms with Gasteiger partial charge < -0.3 is 15.6 Å². The maximum Gasteiger partial charge on any atom is 0.243 e. The summed E-state index contributed by atoms with van der Waals surface area (Å²) in [6.45, 7) is 0.768. The predicted molar refractivity (Wildman–Crippen MR) is 52.5 cm³/mol. The Hall–Kier alpha value is -1.52. The van der Waals surface area contributed by atoms with E-state index < -0.39 is 0 Å². The number of hydrogen-bond donors (Lipinski definition) is 2. The molecule has 0 radical (unpaired) electrons. The number of hydrogen-bond acceptors (Lipinski definition) is 3. The van der Waals surface area contributed by atoms with E-state index in [0.29, 0.717) is 5.95 Å². The molecule has 5 nitrogen and oxygen atoms in total. The summed E-state index contributed by atoms with van der Waals surface area (Å²) in [6, 6.07) is -0.181. The van der Waals surface area contributed by atoms with E-state index in [1.807, 2.05) is 0 Å². The first-order chi connectivity index (χ1) is 6.79. The van der Waals surface area contributed by atoms with Gasteiger partial charge in [-0.2, -0.15) is 0 Å². The van der Waals surface area contributed by atoms with Crippen LogP contribution in [0, 0.1) is 0 Å². The van der Waals surface area contributed by atoms with Crippen LogP contribution < -0.4 is 11.1 Å².